The van der Waals surface area contributed by atoms with Crippen molar-refractivity contribution in [2.45, 2.75) is 19.8 Å². The second kappa shape index (κ2) is 5.86. The van der Waals surface area contributed by atoms with Gasteiger partial charge in [-0.25, -0.2) is 0 Å². The molecule has 0 saturated carbocycles. The fraction of sp³-hybridized carbons (Fsp3) is 0.167. The molecule has 3 aliphatic heterocycles. The van der Waals surface area contributed by atoms with Crippen LogP contribution in [0.2, 0.25) is 0 Å². The number of carbonyl (C=O) groups is 2. The third-order valence-electron chi connectivity index (χ3n) is 5.08. The minimum absolute atomic E-state index is 0.209. The Morgan fingerprint density at radius 3 is 2.80 bits per heavy atom. The second-order valence-corrected chi connectivity index (χ2v) is 16.3. The predicted octanol–water partition coefficient (Wildman–Crippen LogP) is 2.97. The molecule has 1 aromatic carbocycles. The number of benzene rings is 1. The van der Waals surface area contributed by atoms with Crippen LogP contribution < -0.4 is 8.64 Å². The van der Waals surface area contributed by atoms with Gasteiger partial charge in [0.25, 0.3) is 0 Å². The van der Waals surface area contributed by atoms with E-state index >= 15 is 0 Å². The molecule has 122 valence electrons. The van der Waals surface area contributed by atoms with Crippen molar-refractivity contribution in [2.24, 2.45) is 0 Å². The maximum absolute atomic E-state index is 12.3. The number of hydrogen-bond donors (Lipinski definition) is 1. The molecule has 4 bridgehead atoms. The summed E-state index contributed by atoms with van der Waals surface area (Å²) in [5, 5.41) is 2.18. The van der Waals surface area contributed by atoms with Gasteiger partial charge in [-0.2, -0.15) is 0 Å². The number of aromatic nitrogens is 1. The van der Waals surface area contributed by atoms with Gasteiger partial charge in [-0.15, -0.1) is 0 Å². The van der Waals surface area contributed by atoms with E-state index in [2.05, 4.69) is 41.5 Å². The van der Waals surface area contributed by atoms with Crippen LogP contribution in [0, 0.1) is 6.92 Å². The Balaban J connectivity index is 1.53. The van der Waals surface area contributed by atoms with E-state index in [0.29, 0.717) is 4.91 Å². The SMILES string of the molecule is Cc1ncsc1CC[C]1=Cc2c3ccc[c]2[In]1/[C]3=C1\SC(=O)NC1=O. The molecule has 0 unspecified atom stereocenters. The molecule has 0 radical (unpaired) electrons. The zero-order chi connectivity index (χ0) is 17.1. The fourth-order valence-corrected chi connectivity index (χ4v) is 17.2. The van der Waals surface area contributed by atoms with Gasteiger partial charge in [-0.3, -0.25) is 0 Å². The number of nitrogens with zero attached hydrogens (tertiary/aromatic N) is 1. The molecule has 0 spiro atoms. The van der Waals surface area contributed by atoms with Crippen LogP contribution in [-0.2, 0) is 11.2 Å². The number of thioether (sulfide) groups is 1. The molecule has 2 amide bonds. The normalized spacial score (nSPS) is 20.5. The zero-order valence-electron chi connectivity index (χ0n) is 13.5. The van der Waals surface area contributed by atoms with Gasteiger partial charge in [0.2, 0.25) is 0 Å². The number of allylic oxidation sites excluding steroid dienone is 1. The summed E-state index contributed by atoms with van der Waals surface area (Å²) in [4.78, 5) is 30.3. The van der Waals surface area contributed by atoms with Crippen LogP contribution in [0.1, 0.15) is 28.1 Å². The summed E-state index contributed by atoms with van der Waals surface area (Å²) < 4.78 is 4.24. The molecule has 1 fully saturated rings. The van der Waals surface area contributed by atoms with Crippen molar-refractivity contribution in [3.05, 3.63) is 53.6 Å². The molecule has 4 nitrogen and oxygen atoms in total. The van der Waals surface area contributed by atoms with E-state index in [1.54, 1.807) is 14.7 Å². The van der Waals surface area contributed by atoms with E-state index < -0.39 is 21.4 Å². The van der Waals surface area contributed by atoms with Crippen molar-refractivity contribution in [1.82, 2.24) is 10.3 Å². The van der Waals surface area contributed by atoms with E-state index in [-0.39, 0.29) is 11.1 Å². The van der Waals surface area contributed by atoms with Crippen LogP contribution in [-0.4, -0.2) is 37.6 Å². The van der Waals surface area contributed by atoms with E-state index in [1.165, 1.54) is 22.7 Å². The number of rotatable bonds is 3. The van der Waals surface area contributed by atoms with E-state index in [1.807, 2.05) is 5.51 Å². The number of nitrogens with one attached hydrogen (secondary N) is 1. The monoisotopic (exact) mass is 468 g/mol. The molecule has 3 aliphatic rings. The average molecular weight is 468 g/mol. The van der Waals surface area contributed by atoms with Crippen molar-refractivity contribution in [3.63, 3.8) is 0 Å². The quantitative estimate of drug-likeness (QED) is 0.705. The van der Waals surface area contributed by atoms with Crippen LogP contribution in [0.3, 0.4) is 0 Å². The Bertz CT molecular complexity index is 1020. The Morgan fingerprint density at radius 1 is 1.24 bits per heavy atom. The number of imide groups is 1. The zero-order valence-corrected chi connectivity index (χ0v) is 18.4. The molecule has 0 aliphatic carbocycles. The molecular formula is C18H13InN2O2S2. The second-order valence-electron chi connectivity index (χ2n) is 6.41. The van der Waals surface area contributed by atoms with Crippen LogP contribution in [0.4, 0.5) is 4.79 Å². The third-order valence-corrected chi connectivity index (χ3v) is 17.6. The Morgan fingerprint density at radius 2 is 2.12 bits per heavy atom. The van der Waals surface area contributed by atoms with Crippen LogP contribution in [0.15, 0.2) is 31.9 Å². The number of aryl methyl sites for hydroxylation is 2. The molecule has 7 heteroatoms. The van der Waals surface area contributed by atoms with E-state index in [9.17, 15) is 9.59 Å². The Hall–Kier alpha value is -1.31. The van der Waals surface area contributed by atoms with E-state index in [4.69, 9.17) is 0 Å². The summed E-state index contributed by atoms with van der Waals surface area (Å²) in [5.41, 5.74) is 5.55. The molecular weight excluding hydrogens is 455 g/mol. The standard InChI is InChI=1S/C18H13N2O2S2.In/c1-12-15(23-11-19-12)9-5-4-7-13-6-2-3-8-14(13)10-16-17(21)20-18(22)24-16;/h2-3,7-8,11H,5,9H2,1H3,(H,20,21,22);. The first-order chi connectivity index (χ1) is 12.1. The van der Waals surface area contributed by atoms with Gasteiger partial charge >= 0.3 is 162 Å². The molecule has 25 heavy (non-hydrogen) atoms. The van der Waals surface area contributed by atoms with Crippen molar-refractivity contribution in [1.29, 1.82) is 0 Å². The van der Waals surface area contributed by atoms with Gasteiger partial charge in [0.05, 0.1) is 0 Å². The molecule has 1 N–H and O–H groups in total. The van der Waals surface area contributed by atoms with Gasteiger partial charge in [0.1, 0.15) is 0 Å². The first-order valence-electron chi connectivity index (χ1n) is 8.13. The van der Waals surface area contributed by atoms with Gasteiger partial charge < -0.3 is 0 Å². The summed E-state index contributed by atoms with van der Waals surface area (Å²) in [7, 11) is 0. The topological polar surface area (TPSA) is 59.1 Å². The van der Waals surface area contributed by atoms with Crippen LogP contribution in [0.25, 0.3) is 9.41 Å². The number of amides is 2. The van der Waals surface area contributed by atoms with Crippen LogP contribution in [0.5, 0.6) is 0 Å². The first kappa shape index (κ1) is 15.9. The van der Waals surface area contributed by atoms with Crippen molar-refractivity contribution < 1.29 is 9.59 Å². The molecule has 2 aromatic rings. The Labute approximate surface area is 161 Å². The minimum atomic E-state index is -2.43. The molecule has 4 heterocycles. The number of thiazole rings is 1. The summed E-state index contributed by atoms with van der Waals surface area (Å²) in [6, 6.07) is 6.43. The average Bonchev–Trinajstić information content (AvgIpc) is 3.28. The maximum atomic E-state index is 12.3. The third kappa shape index (κ3) is 2.39. The summed E-state index contributed by atoms with van der Waals surface area (Å²) in [6.07, 6.45) is 4.42. The molecule has 1 saturated heterocycles. The summed E-state index contributed by atoms with van der Waals surface area (Å²) in [6.45, 7) is 2.06. The van der Waals surface area contributed by atoms with Crippen molar-refractivity contribution in [3.8, 4) is 0 Å². The van der Waals surface area contributed by atoms with Crippen molar-refractivity contribution in [2.75, 3.05) is 0 Å². The molecule has 0 atom stereocenters. The molecule has 1 aromatic heterocycles. The summed E-state index contributed by atoms with van der Waals surface area (Å²) >= 11 is 0.372. The number of carbonyl (C=O) groups excluding carboxylic acids is 2. The predicted molar refractivity (Wildman–Crippen MR) is 103 cm³/mol. The fourth-order valence-electron chi connectivity index (χ4n) is 3.98. The number of hydrogen-bond acceptors (Lipinski definition) is 5. The molecule has 5 rings (SSSR count). The van der Waals surface area contributed by atoms with Gasteiger partial charge in [0.15, 0.2) is 0 Å². The van der Waals surface area contributed by atoms with Crippen LogP contribution >= 0.6 is 23.1 Å². The van der Waals surface area contributed by atoms with Gasteiger partial charge in [-0.05, 0) is 0 Å². The first-order valence-corrected chi connectivity index (χ1v) is 14.8. The Kier molecular flexibility index (Phi) is 3.73. The van der Waals surface area contributed by atoms with Gasteiger partial charge in [-0.1, -0.05) is 0 Å². The van der Waals surface area contributed by atoms with Crippen molar-refractivity contribution >= 4 is 68.4 Å². The van der Waals surface area contributed by atoms with Gasteiger partial charge in [0, 0.05) is 0 Å². The van der Waals surface area contributed by atoms with E-state index in [0.717, 1.165) is 30.3 Å². The summed E-state index contributed by atoms with van der Waals surface area (Å²) in [5.74, 6) is -0.209.